The van der Waals surface area contributed by atoms with E-state index in [1.807, 2.05) is 19.2 Å². The van der Waals surface area contributed by atoms with Crippen molar-refractivity contribution >= 4 is 15.9 Å². The molecule has 0 spiro atoms. The van der Waals surface area contributed by atoms with Crippen LogP contribution in [0.3, 0.4) is 0 Å². The minimum absolute atomic E-state index is 0.205. The maximum absolute atomic E-state index is 13.1. The molecule has 0 fully saturated rings. The van der Waals surface area contributed by atoms with Gasteiger partial charge in [-0.25, -0.2) is 4.39 Å². The van der Waals surface area contributed by atoms with Crippen molar-refractivity contribution in [2.24, 2.45) is 0 Å². The highest BCUT2D eigenvalue weighted by Crippen LogP contribution is 2.25. The summed E-state index contributed by atoms with van der Waals surface area (Å²) >= 11 is 3.21. The first-order valence-corrected chi connectivity index (χ1v) is 6.01. The molecular weight excluding hydrogens is 257 g/mol. The second kappa shape index (κ2) is 5.61. The Bertz CT molecular complexity index is 323. The van der Waals surface area contributed by atoms with Gasteiger partial charge in [0.05, 0.1) is 4.47 Å². The minimum Gasteiger partial charge on any atom is -0.316 e. The number of hydrogen-bond acceptors (Lipinski definition) is 1. The first-order valence-electron chi connectivity index (χ1n) is 5.22. The fourth-order valence-corrected chi connectivity index (χ4v) is 2.23. The molecule has 0 saturated heterocycles. The van der Waals surface area contributed by atoms with Gasteiger partial charge < -0.3 is 5.32 Å². The van der Waals surface area contributed by atoms with Gasteiger partial charge in [0, 0.05) is 6.04 Å². The van der Waals surface area contributed by atoms with E-state index in [9.17, 15) is 4.39 Å². The van der Waals surface area contributed by atoms with Crippen LogP contribution in [-0.2, 0) is 0 Å². The third-order valence-corrected chi connectivity index (χ3v) is 3.49. The van der Waals surface area contributed by atoms with Crippen LogP contribution in [0.1, 0.15) is 31.7 Å². The molecule has 0 amide bonds. The van der Waals surface area contributed by atoms with Crippen LogP contribution < -0.4 is 5.32 Å². The SMILES string of the molecule is CCC(NC)C(C)c1ccc(F)c(Br)c1. The summed E-state index contributed by atoms with van der Waals surface area (Å²) in [4.78, 5) is 0. The van der Waals surface area contributed by atoms with Crippen LogP contribution in [0.15, 0.2) is 22.7 Å². The van der Waals surface area contributed by atoms with E-state index in [0.29, 0.717) is 16.4 Å². The zero-order chi connectivity index (χ0) is 11.4. The molecule has 0 aliphatic rings. The van der Waals surface area contributed by atoms with Crippen molar-refractivity contribution in [2.75, 3.05) is 7.05 Å². The van der Waals surface area contributed by atoms with Gasteiger partial charge in [0.2, 0.25) is 0 Å². The molecule has 0 aliphatic heterocycles. The number of hydrogen-bond donors (Lipinski definition) is 1. The van der Waals surface area contributed by atoms with Gasteiger partial charge in [0.1, 0.15) is 5.82 Å². The third-order valence-electron chi connectivity index (χ3n) is 2.88. The molecule has 1 N–H and O–H groups in total. The predicted molar refractivity (Wildman–Crippen MR) is 65.7 cm³/mol. The fraction of sp³-hybridized carbons (Fsp3) is 0.500. The van der Waals surface area contributed by atoms with Crippen LogP contribution in [0.5, 0.6) is 0 Å². The van der Waals surface area contributed by atoms with Crippen molar-refractivity contribution in [3.8, 4) is 0 Å². The second-order valence-electron chi connectivity index (χ2n) is 3.77. The Morgan fingerprint density at radius 1 is 1.47 bits per heavy atom. The topological polar surface area (TPSA) is 12.0 Å². The zero-order valence-electron chi connectivity index (χ0n) is 9.35. The molecule has 84 valence electrons. The summed E-state index contributed by atoms with van der Waals surface area (Å²) in [6.07, 6.45) is 1.06. The van der Waals surface area contributed by atoms with Gasteiger partial charge in [-0.1, -0.05) is 19.9 Å². The highest BCUT2D eigenvalue weighted by molar-refractivity contribution is 9.10. The Morgan fingerprint density at radius 2 is 2.13 bits per heavy atom. The Hall–Kier alpha value is -0.410. The number of nitrogens with one attached hydrogen (secondary N) is 1. The standard InChI is InChI=1S/C12H17BrFN/c1-4-12(15-3)8(2)9-5-6-11(14)10(13)7-9/h5-8,12,15H,4H2,1-3H3. The van der Waals surface area contributed by atoms with Crippen LogP contribution in [0.4, 0.5) is 4.39 Å². The van der Waals surface area contributed by atoms with Crippen molar-refractivity contribution in [3.63, 3.8) is 0 Å². The largest absolute Gasteiger partial charge is 0.316 e. The van der Waals surface area contributed by atoms with E-state index in [1.165, 1.54) is 6.07 Å². The van der Waals surface area contributed by atoms with Crippen molar-refractivity contribution in [1.82, 2.24) is 5.32 Å². The Balaban J connectivity index is 2.90. The Kier molecular flexibility index (Phi) is 4.74. The molecule has 1 aromatic rings. The lowest BCUT2D eigenvalue weighted by Crippen LogP contribution is -2.29. The van der Waals surface area contributed by atoms with Crippen LogP contribution in [0.25, 0.3) is 0 Å². The van der Waals surface area contributed by atoms with E-state index in [2.05, 4.69) is 35.1 Å². The monoisotopic (exact) mass is 273 g/mol. The van der Waals surface area contributed by atoms with Gasteiger partial charge in [-0.05, 0) is 53.0 Å². The van der Waals surface area contributed by atoms with Crippen molar-refractivity contribution in [2.45, 2.75) is 32.2 Å². The van der Waals surface area contributed by atoms with Crippen molar-refractivity contribution in [1.29, 1.82) is 0 Å². The first-order chi connectivity index (χ1) is 7.10. The molecule has 0 heterocycles. The summed E-state index contributed by atoms with van der Waals surface area (Å²) in [5.74, 6) is 0.181. The molecule has 1 aromatic carbocycles. The summed E-state index contributed by atoms with van der Waals surface area (Å²) in [5.41, 5.74) is 1.16. The molecule has 0 bridgehead atoms. The molecule has 2 atom stereocenters. The van der Waals surface area contributed by atoms with E-state index in [-0.39, 0.29) is 5.82 Å². The molecule has 3 heteroatoms. The number of benzene rings is 1. The Morgan fingerprint density at radius 3 is 2.60 bits per heavy atom. The van der Waals surface area contributed by atoms with Gasteiger partial charge in [-0.15, -0.1) is 0 Å². The second-order valence-corrected chi connectivity index (χ2v) is 4.62. The molecule has 0 radical (unpaired) electrons. The summed E-state index contributed by atoms with van der Waals surface area (Å²) in [7, 11) is 1.96. The average Bonchev–Trinajstić information content (AvgIpc) is 2.23. The lowest BCUT2D eigenvalue weighted by molar-refractivity contribution is 0.472. The van der Waals surface area contributed by atoms with E-state index in [1.54, 1.807) is 0 Å². The normalized spacial score (nSPS) is 15.0. The molecule has 0 aliphatic carbocycles. The smallest absolute Gasteiger partial charge is 0.137 e. The van der Waals surface area contributed by atoms with Crippen molar-refractivity contribution < 1.29 is 4.39 Å². The predicted octanol–water partition coefficient (Wildman–Crippen LogP) is 3.69. The zero-order valence-corrected chi connectivity index (χ0v) is 10.9. The third kappa shape index (κ3) is 3.02. The van der Waals surface area contributed by atoms with E-state index in [0.717, 1.165) is 12.0 Å². The summed E-state index contributed by atoms with van der Waals surface area (Å²) in [6.45, 7) is 4.31. The van der Waals surface area contributed by atoms with Crippen LogP contribution in [0, 0.1) is 5.82 Å². The maximum atomic E-state index is 13.1. The van der Waals surface area contributed by atoms with Gasteiger partial charge in [0.25, 0.3) is 0 Å². The number of rotatable bonds is 4. The molecule has 0 aromatic heterocycles. The summed E-state index contributed by atoms with van der Waals surface area (Å²) in [6, 6.07) is 5.66. The molecule has 1 nitrogen and oxygen atoms in total. The molecule has 0 saturated carbocycles. The van der Waals surface area contributed by atoms with Gasteiger partial charge in [0.15, 0.2) is 0 Å². The van der Waals surface area contributed by atoms with Gasteiger partial charge >= 0.3 is 0 Å². The molecule has 1 rings (SSSR count). The summed E-state index contributed by atoms with van der Waals surface area (Å²) < 4.78 is 13.6. The van der Waals surface area contributed by atoms with E-state index < -0.39 is 0 Å². The lowest BCUT2D eigenvalue weighted by Gasteiger charge is -2.22. The average molecular weight is 274 g/mol. The van der Waals surface area contributed by atoms with E-state index in [4.69, 9.17) is 0 Å². The van der Waals surface area contributed by atoms with Gasteiger partial charge in [-0.3, -0.25) is 0 Å². The van der Waals surface area contributed by atoms with E-state index >= 15 is 0 Å². The fourth-order valence-electron chi connectivity index (χ4n) is 1.84. The first kappa shape index (κ1) is 12.7. The highest BCUT2D eigenvalue weighted by atomic mass is 79.9. The van der Waals surface area contributed by atoms with Gasteiger partial charge in [-0.2, -0.15) is 0 Å². The highest BCUT2D eigenvalue weighted by Gasteiger charge is 2.16. The lowest BCUT2D eigenvalue weighted by atomic mass is 9.92. The number of likely N-dealkylation sites (N-methyl/N-ethyl adjacent to an activating group) is 1. The molecular formula is C12H17BrFN. The quantitative estimate of drug-likeness (QED) is 0.883. The van der Waals surface area contributed by atoms with Crippen molar-refractivity contribution in [3.05, 3.63) is 34.1 Å². The van der Waals surface area contributed by atoms with Crippen LogP contribution in [-0.4, -0.2) is 13.1 Å². The maximum Gasteiger partial charge on any atom is 0.137 e. The minimum atomic E-state index is -0.205. The summed E-state index contributed by atoms with van der Waals surface area (Å²) in [5, 5.41) is 3.27. The Labute approximate surface area is 99.2 Å². The molecule has 15 heavy (non-hydrogen) atoms. The van der Waals surface area contributed by atoms with Crippen LogP contribution >= 0.6 is 15.9 Å². The number of halogens is 2. The van der Waals surface area contributed by atoms with Crippen LogP contribution in [0.2, 0.25) is 0 Å². The molecule has 2 unspecified atom stereocenters.